The first-order chi connectivity index (χ1) is 11.1. The van der Waals surface area contributed by atoms with E-state index in [-0.39, 0.29) is 11.6 Å². The third-order valence-electron chi connectivity index (χ3n) is 3.42. The Kier molecular flexibility index (Phi) is 4.55. The third-order valence-corrected chi connectivity index (χ3v) is 4.31. The molecular weight excluding hydrogens is 312 g/mol. The predicted octanol–water partition coefficient (Wildman–Crippen LogP) is 3.39. The summed E-state index contributed by atoms with van der Waals surface area (Å²) in [5, 5.41) is 18.0. The van der Waals surface area contributed by atoms with Crippen molar-refractivity contribution in [1.29, 1.82) is 0 Å². The summed E-state index contributed by atoms with van der Waals surface area (Å²) in [6.07, 6.45) is -0.496. The van der Waals surface area contributed by atoms with Crippen LogP contribution in [0.4, 0.5) is 0 Å². The van der Waals surface area contributed by atoms with Crippen LogP contribution in [0.3, 0.4) is 0 Å². The number of aromatic nitrogens is 1. The highest BCUT2D eigenvalue weighted by molar-refractivity contribution is 7.13. The van der Waals surface area contributed by atoms with Gasteiger partial charge in [0, 0.05) is 12.6 Å². The van der Waals surface area contributed by atoms with Gasteiger partial charge in [0.15, 0.2) is 11.5 Å². The fourth-order valence-corrected chi connectivity index (χ4v) is 2.78. The molecule has 3 rings (SSSR count). The van der Waals surface area contributed by atoms with Crippen LogP contribution in [0.15, 0.2) is 52.4 Å². The zero-order chi connectivity index (χ0) is 16.2. The van der Waals surface area contributed by atoms with Crippen molar-refractivity contribution in [2.75, 3.05) is 0 Å². The first-order valence-corrected chi connectivity index (χ1v) is 8.07. The van der Waals surface area contributed by atoms with E-state index in [1.807, 2.05) is 41.8 Å². The number of aliphatic hydroxyl groups is 1. The van der Waals surface area contributed by atoms with Gasteiger partial charge in [-0.3, -0.25) is 4.79 Å². The number of carbonyl (C=O) groups excluding carboxylic acids is 1. The molecule has 1 atom stereocenters. The molecule has 2 aromatic heterocycles. The summed E-state index contributed by atoms with van der Waals surface area (Å²) in [5.41, 5.74) is 2.05. The van der Waals surface area contributed by atoms with Crippen molar-refractivity contribution in [1.82, 2.24) is 10.5 Å². The molecule has 118 valence electrons. The molecule has 0 fully saturated rings. The molecule has 0 spiro atoms. The minimum Gasteiger partial charge on any atom is -0.389 e. The third kappa shape index (κ3) is 3.67. The van der Waals surface area contributed by atoms with Gasteiger partial charge in [0.2, 0.25) is 0 Å². The number of hydrogen-bond donors (Lipinski definition) is 2. The molecule has 0 radical (unpaired) electrons. The molecule has 0 aliphatic heterocycles. The largest absolute Gasteiger partial charge is 0.389 e. The lowest BCUT2D eigenvalue weighted by atomic mass is 10.1. The maximum Gasteiger partial charge on any atom is 0.273 e. The van der Waals surface area contributed by atoms with E-state index in [0.29, 0.717) is 12.3 Å². The number of amides is 1. The first kappa shape index (κ1) is 15.5. The normalized spacial score (nSPS) is 12.1. The number of hydrogen-bond acceptors (Lipinski definition) is 5. The summed E-state index contributed by atoms with van der Waals surface area (Å²) < 4.78 is 5.20. The van der Waals surface area contributed by atoms with Crippen LogP contribution in [-0.2, 0) is 6.54 Å². The summed E-state index contributed by atoms with van der Waals surface area (Å²) in [6.45, 7) is 2.10. The van der Waals surface area contributed by atoms with Crippen molar-refractivity contribution in [3.8, 4) is 10.6 Å². The van der Waals surface area contributed by atoms with E-state index >= 15 is 0 Å². The Bertz CT molecular complexity index is 777. The molecule has 3 aromatic rings. The molecule has 23 heavy (non-hydrogen) atoms. The number of rotatable bonds is 5. The Morgan fingerprint density at radius 2 is 2.13 bits per heavy atom. The number of aliphatic hydroxyl groups excluding tert-OH is 1. The molecule has 6 heteroatoms. The molecule has 2 heterocycles. The van der Waals surface area contributed by atoms with Crippen LogP contribution < -0.4 is 5.32 Å². The van der Waals surface area contributed by atoms with Crippen LogP contribution in [-0.4, -0.2) is 16.2 Å². The van der Waals surface area contributed by atoms with Gasteiger partial charge in [0.05, 0.1) is 11.0 Å². The monoisotopic (exact) mass is 328 g/mol. The van der Waals surface area contributed by atoms with Crippen molar-refractivity contribution in [2.24, 2.45) is 0 Å². The van der Waals surface area contributed by atoms with E-state index in [9.17, 15) is 9.90 Å². The number of benzene rings is 1. The van der Waals surface area contributed by atoms with Crippen molar-refractivity contribution in [3.05, 3.63) is 64.7 Å². The van der Waals surface area contributed by atoms with E-state index in [2.05, 4.69) is 10.5 Å². The molecule has 2 N–H and O–H groups in total. The summed E-state index contributed by atoms with van der Waals surface area (Å²) in [5.74, 6) is 0.308. The second kappa shape index (κ2) is 6.76. The Balaban J connectivity index is 1.61. The highest BCUT2D eigenvalue weighted by Crippen LogP contribution is 2.25. The number of nitrogens with one attached hydrogen (secondary N) is 1. The highest BCUT2D eigenvalue weighted by atomic mass is 32.1. The minimum atomic E-state index is -0.496. The fourth-order valence-electron chi connectivity index (χ4n) is 2.10. The van der Waals surface area contributed by atoms with Gasteiger partial charge in [0.1, 0.15) is 0 Å². The van der Waals surface area contributed by atoms with E-state index in [4.69, 9.17) is 4.52 Å². The fraction of sp³-hybridized carbons (Fsp3) is 0.176. The lowest BCUT2D eigenvalue weighted by molar-refractivity contribution is 0.0942. The molecule has 1 amide bonds. The number of nitrogens with zero attached hydrogens (tertiary/aromatic N) is 1. The smallest absolute Gasteiger partial charge is 0.273 e. The SMILES string of the molecule is C[C@H](O)c1ccc(CNC(=O)c2cc(-c3cccs3)on2)cc1. The Morgan fingerprint density at radius 3 is 2.78 bits per heavy atom. The zero-order valence-electron chi connectivity index (χ0n) is 12.5. The van der Waals surface area contributed by atoms with Gasteiger partial charge in [-0.25, -0.2) is 0 Å². The van der Waals surface area contributed by atoms with Crippen LogP contribution in [0.1, 0.15) is 34.6 Å². The van der Waals surface area contributed by atoms with Gasteiger partial charge in [-0.15, -0.1) is 11.3 Å². The molecule has 0 saturated heterocycles. The quantitative estimate of drug-likeness (QED) is 0.753. The molecule has 0 unspecified atom stereocenters. The van der Waals surface area contributed by atoms with E-state index in [0.717, 1.165) is 16.0 Å². The van der Waals surface area contributed by atoms with E-state index in [1.165, 1.54) is 11.3 Å². The molecule has 0 aliphatic carbocycles. The Hall–Kier alpha value is -2.44. The van der Waals surface area contributed by atoms with Crippen LogP contribution in [0, 0.1) is 0 Å². The lowest BCUT2D eigenvalue weighted by Crippen LogP contribution is -2.23. The summed E-state index contributed by atoms with van der Waals surface area (Å²) >= 11 is 1.53. The van der Waals surface area contributed by atoms with Gasteiger partial charge in [-0.1, -0.05) is 35.5 Å². The van der Waals surface area contributed by atoms with Crippen molar-refractivity contribution < 1.29 is 14.4 Å². The number of carbonyl (C=O) groups is 1. The molecule has 1 aromatic carbocycles. The van der Waals surface area contributed by atoms with Gasteiger partial charge in [0.25, 0.3) is 5.91 Å². The second-order valence-electron chi connectivity index (χ2n) is 5.15. The summed E-state index contributed by atoms with van der Waals surface area (Å²) in [6, 6.07) is 12.9. The van der Waals surface area contributed by atoms with Gasteiger partial charge in [-0.05, 0) is 29.5 Å². The lowest BCUT2D eigenvalue weighted by Gasteiger charge is -2.07. The van der Waals surface area contributed by atoms with E-state index < -0.39 is 6.10 Å². The predicted molar refractivity (Wildman–Crippen MR) is 88.1 cm³/mol. The molecular formula is C17H16N2O3S. The first-order valence-electron chi connectivity index (χ1n) is 7.19. The molecule has 5 nitrogen and oxygen atoms in total. The van der Waals surface area contributed by atoms with Crippen LogP contribution in [0.5, 0.6) is 0 Å². The standard InChI is InChI=1S/C17H16N2O3S/c1-11(20)13-6-4-12(5-7-13)10-18-17(21)14-9-15(22-19-14)16-3-2-8-23-16/h2-9,11,20H,10H2,1H3,(H,18,21)/t11-/m0/s1. The summed E-state index contributed by atoms with van der Waals surface area (Å²) in [4.78, 5) is 13.0. The molecule has 0 saturated carbocycles. The van der Waals surface area contributed by atoms with Crippen molar-refractivity contribution >= 4 is 17.2 Å². The van der Waals surface area contributed by atoms with E-state index in [1.54, 1.807) is 13.0 Å². The zero-order valence-corrected chi connectivity index (χ0v) is 13.3. The van der Waals surface area contributed by atoms with Gasteiger partial charge >= 0.3 is 0 Å². The molecule has 0 aliphatic rings. The average Bonchev–Trinajstić information content (AvgIpc) is 3.23. The number of thiophene rings is 1. The molecule has 0 bridgehead atoms. The van der Waals surface area contributed by atoms with Crippen molar-refractivity contribution in [2.45, 2.75) is 19.6 Å². The topological polar surface area (TPSA) is 75.4 Å². The minimum absolute atomic E-state index is 0.258. The average molecular weight is 328 g/mol. The van der Waals surface area contributed by atoms with Gasteiger partial charge in [-0.2, -0.15) is 0 Å². The van der Waals surface area contributed by atoms with Crippen LogP contribution in [0.2, 0.25) is 0 Å². The maximum absolute atomic E-state index is 12.1. The van der Waals surface area contributed by atoms with Gasteiger partial charge < -0.3 is 14.9 Å². The maximum atomic E-state index is 12.1. The van der Waals surface area contributed by atoms with Crippen LogP contribution >= 0.6 is 11.3 Å². The van der Waals surface area contributed by atoms with Crippen molar-refractivity contribution in [3.63, 3.8) is 0 Å². The highest BCUT2D eigenvalue weighted by Gasteiger charge is 2.14. The Morgan fingerprint density at radius 1 is 1.35 bits per heavy atom. The van der Waals surface area contributed by atoms with Crippen LogP contribution in [0.25, 0.3) is 10.6 Å². The summed E-state index contributed by atoms with van der Waals surface area (Å²) in [7, 11) is 0. The Labute approximate surface area is 137 Å². The second-order valence-corrected chi connectivity index (χ2v) is 6.10.